The normalized spacial score (nSPS) is 11.9. The summed E-state index contributed by atoms with van der Waals surface area (Å²) in [6, 6.07) is 10.1. The van der Waals surface area contributed by atoms with Crippen molar-refractivity contribution in [2.75, 3.05) is 19.0 Å². The number of carbonyl (C=O) groups is 1. The van der Waals surface area contributed by atoms with Gasteiger partial charge in [-0.2, -0.15) is 0 Å². The van der Waals surface area contributed by atoms with Crippen molar-refractivity contribution in [2.45, 2.75) is 13.0 Å². The second-order valence-corrected chi connectivity index (χ2v) is 5.48. The van der Waals surface area contributed by atoms with Crippen LogP contribution in [-0.4, -0.2) is 24.7 Å². The number of nitrogens with one attached hydrogen (secondary N) is 2. The number of hydrogen-bond donors (Lipinski definition) is 2. The van der Waals surface area contributed by atoms with Crippen molar-refractivity contribution < 1.29 is 18.4 Å². The zero-order valence-electron chi connectivity index (χ0n) is 14.0. The third kappa shape index (κ3) is 4.27. The summed E-state index contributed by atoms with van der Waals surface area (Å²) < 4.78 is 16.0. The monoisotopic (exact) mass is 341 g/mol. The molecule has 0 saturated carbocycles. The van der Waals surface area contributed by atoms with Gasteiger partial charge >= 0.3 is 6.03 Å². The lowest BCUT2D eigenvalue weighted by atomic mass is 10.2. The number of carbonyl (C=O) groups excluding carboxylic acids is 1. The van der Waals surface area contributed by atoms with Crippen LogP contribution in [0.3, 0.4) is 0 Å². The average Bonchev–Trinajstić information content (AvgIpc) is 3.26. The molecule has 0 bridgehead atoms. The number of ether oxygens (including phenoxy) is 1. The van der Waals surface area contributed by atoms with E-state index in [1.807, 2.05) is 19.1 Å². The van der Waals surface area contributed by atoms with Crippen LogP contribution in [0.5, 0.6) is 0 Å². The number of aromatic nitrogens is 1. The zero-order chi connectivity index (χ0) is 17.6. The molecule has 3 rings (SSSR count). The van der Waals surface area contributed by atoms with Gasteiger partial charge in [-0.05, 0) is 37.3 Å². The largest absolute Gasteiger partial charge is 0.467 e. The molecule has 0 aliphatic rings. The third-order valence-electron chi connectivity index (χ3n) is 3.51. The van der Waals surface area contributed by atoms with Crippen LogP contribution in [0.15, 0.2) is 57.7 Å². The van der Waals surface area contributed by atoms with Gasteiger partial charge in [0.2, 0.25) is 5.89 Å². The molecule has 2 heterocycles. The summed E-state index contributed by atoms with van der Waals surface area (Å²) in [5.41, 5.74) is 1.41. The molecule has 3 aromatic rings. The first kappa shape index (κ1) is 16.8. The Hall–Kier alpha value is -3.06. The van der Waals surface area contributed by atoms with Gasteiger partial charge in [-0.25, -0.2) is 9.78 Å². The fourth-order valence-corrected chi connectivity index (χ4v) is 2.39. The van der Waals surface area contributed by atoms with Crippen LogP contribution in [0.4, 0.5) is 10.5 Å². The van der Waals surface area contributed by atoms with Crippen molar-refractivity contribution >= 4 is 11.7 Å². The lowest BCUT2D eigenvalue weighted by Crippen LogP contribution is -2.34. The molecule has 1 unspecified atom stereocenters. The average molecular weight is 341 g/mol. The van der Waals surface area contributed by atoms with Crippen LogP contribution >= 0.6 is 0 Å². The molecule has 0 saturated heterocycles. The van der Waals surface area contributed by atoms with Gasteiger partial charge in [-0.15, -0.1) is 0 Å². The molecule has 130 valence electrons. The van der Waals surface area contributed by atoms with Crippen LogP contribution in [-0.2, 0) is 4.74 Å². The van der Waals surface area contributed by atoms with E-state index in [0.29, 0.717) is 23.9 Å². The van der Waals surface area contributed by atoms with E-state index in [4.69, 9.17) is 13.6 Å². The molecule has 2 aromatic heterocycles. The van der Waals surface area contributed by atoms with E-state index >= 15 is 0 Å². The van der Waals surface area contributed by atoms with Gasteiger partial charge in [0.25, 0.3) is 0 Å². The number of rotatable bonds is 6. The number of hydrogen-bond acceptors (Lipinski definition) is 5. The maximum absolute atomic E-state index is 12.3. The van der Waals surface area contributed by atoms with E-state index in [-0.39, 0.29) is 12.1 Å². The van der Waals surface area contributed by atoms with Crippen LogP contribution in [0.1, 0.15) is 17.6 Å². The molecular weight excluding hydrogens is 322 g/mol. The summed E-state index contributed by atoms with van der Waals surface area (Å²) in [7, 11) is 1.57. The molecule has 0 aliphatic heterocycles. The van der Waals surface area contributed by atoms with Crippen LogP contribution in [0.2, 0.25) is 0 Å². The van der Waals surface area contributed by atoms with E-state index in [1.54, 1.807) is 43.8 Å². The van der Waals surface area contributed by atoms with Crippen molar-refractivity contribution in [3.05, 3.63) is 60.4 Å². The Morgan fingerprint density at radius 1 is 1.32 bits per heavy atom. The van der Waals surface area contributed by atoms with Crippen LogP contribution in [0.25, 0.3) is 11.5 Å². The zero-order valence-corrected chi connectivity index (χ0v) is 14.0. The van der Waals surface area contributed by atoms with E-state index < -0.39 is 0 Å². The Bertz CT molecular complexity index is 826. The maximum atomic E-state index is 12.3. The highest BCUT2D eigenvalue weighted by Crippen LogP contribution is 2.22. The first-order valence-electron chi connectivity index (χ1n) is 7.78. The Morgan fingerprint density at radius 2 is 2.20 bits per heavy atom. The fraction of sp³-hybridized carbons (Fsp3) is 0.222. The van der Waals surface area contributed by atoms with Gasteiger partial charge in [0.1, 0.15) is 17.6 Å². The number of oxazole rings is 1. The van der Waals surface area contributed by atoms with E-state index in [0.717, 1.165) is 11.3 Å². The summed E-state index contributed by atoms with van der Waals surface area (Å²) in [5.74, 6) is 1.86. The molecule has 1 aromatic carbocycles. The van der Waals surface area contributed by atoms with Gasteiger partial charge in [-0.3, -0.25) is 0 Å². The second-order valence-electron chi connectivity index (χ2n) is 5.48. The van der Waals surface area contributed by atoms with Crippen molar-refractivity contribution in [3.63, 3.8) is 0 Å². The summed E-state index contributed by atoms with van der Waals surface area (Å²) in [5, 5.41) is 5.62. The SMILES string of the molecule is COCC(NC(=O)Nc1cccc(-c2ncc(C)o2)c1)c1ccco1. The predicted molar refractivity (Wildman–Crippen MR) is 92.2 cm³/mol. The quantitative estimate of drug-likeness (QED) is 0.712. The number of nitrogens with zero attached hydrogens (tertiary/aromatic N) is 1. The number of benzene rings is 1. The number of urea groups is 1. The molecule has 2 amide bonds. The molecule has 0 spiro atoms. The minimum Gasteiger partial charge on any atom is -0.467 e. The summed E-state index contributed by atoms with van der Waals surface area (Å²) >= 11 is 0. The van der Waals surface area contributed by atoms with E-state index in [1.165, 1.54) is 0 Å². The van der Waals surface area contributed by atoms with Gasteiger partial charge in [0.05, 0.1) is 19.1 Å². The number of anilines is 1. The smallest absolute Gasteiger partial charge is 0.319 e. The molecule has 0 radical (unpaired) electrons. The van der Waals surface area contributed by atoms with Gasteiger partial charge in [0, 0.05) is 18.4 Å². The maximum Gasteiger partial charge on any atom is 0.319 e. The van der Waals surface area contributed by atoms with Gasteiger partial charge in [-0.1, -0.05) is 6.07 Å². The summed E-state index contributed by atoms with van der Waals surface area (Å²) in [4.78, 5) is 16.5. The highest BCUT2D eigenvalue weighted by atomic mass is 16.5. The van der Waals surface area contributed by atoms with Crippen molar-refractivity contribution in [1.82, 2.24) is 10.3 Å². The van der Waals surface area contributed by atoms with Crippen LogP contribution in [0, 0.1) is 6.92 Å². The summed E-state index contributed by atoms with van der Waals surface area (Å²) in [6.07, 6.45) is 3.21. The highest BCUT2D eigenvalue weighted by Gasteiger charge is 2.17. The topological polar surface area (TPSA) is 89.5 Å². The first-order chi connectivity index (χ1) is 12.2. The van der Waals surface area contributed by atoms with Crippen molar-refractivity contribution in [2.24, 2.45) is 0 Å². The molecule has 1 atom stereocenters. The van der Waals surface area contributed by atoms with Crippen LogP contribution < -0.4 is 10.6 Å². The molecule has 7 nitrogen and oxygen atoms in total. The van der Waals surface area contributed by atoms with Gasteiger partial charge < -0.3 is 24.2 Å². The lowest BCUT2D eigenvalue weighted by molar-refractivity contribution is 0.159. The number of amides is 2. The number of furan rings is 1. The number of methoxy groups -OCH3 is 1. The molecule has 7 heteroatoms. The van der Waals surface area contributed by atoms with Gasteiger partial charge in [0.15, 0.2) is 0 Å². The molecule has 25 heavy (non-hydrogen) atoms. The minimum atomic E-state index is -0.377. The van der Waals surface area contributed by atoms with Crippen molar-refractivity contribution in [1.29, 1.82) is 0 Å². The predicted octanol–water partition coefficient (Wildman–Crippen LogP) is 3.75. The Labute approximate surface area is 145 Å². The lowest BCUT2D eigenvalue weighted by Gasteiger charge is -2.16. The molecular formula is C18H19N3O4. The molecule has 0 fully saturated rings. The standard InChI is InChI=1S/C18H19N3O4/c1-12-10-19-17(25-12)13-5-3-6-14(9-13)20-18(22)21-15(11-23-2)16-7-4-8-24-16/h3-10,15H,11H2,1-2H3,(H2,20,21,22). The van der Waals surface area contributed by atoms with E-state index in [9.17, 15) is 4.79 Å². The Kier molecular flexibility index (Phi) is 5.15. The first-order valence-corrected chi connectivity index (χ1v) is 7.78. The minimum absolute atomic E-state index is 0.302. The third-order valence-corrected chi connectivity index (χ3v) is 3.51. The summed E-state index contributed by atoms with van der Waals surface area (Å²) in [6.45, 7) is 2.13. The Morgan fingerprint density at radius 3 is 2.88 bits per heavy atom. The molecule has 2 N–H and O–H groups in total. The Balaban J connectivity index is 1.68. The fourth-order valence-electron chi connectivity index (χ4n) is 2.39. The second kappa shape index (κ2) is 7.67. The highest BCUT2D eigenvalue weighted by molar-refractivity contribution is 5.90. The number of aryl methyl sites for hydroxylation is 1. The van der Waals surface area contributed by atoms with E-state index in [2.05, 4.69) is 15.6 Å². The molecule has 0 aliphatic carbocycles. The van der Waals surface area contributed by atoms with Crippen molar-refractivity contribution in [3.8, 4) is 11.5 Å².